The highest BCUT2D eigenvalue weighted by molar-refractivity contribution is 5.89. The molecule has 0 radical (unpaired) electrons. The maximum Gasteiger partial charge on any atom is 0.224 e. The van der Waals surface area contributed by atoms with E-state index in [4.69, 9.17) is 0 Å². The molecule has 2 heterocycles. The zero-order valence-electron chi connectivity index (χ0n) is 18.0. The van der Waals surface area contributed by atoms with E-state index in [2.05, 4.69) is 53.0 Å². The van der Waals surface area contributed by atoms with Crippen LogP contribution < -0.4 is 5.32 Å². The molecular formula is C25H35N3O. The molecule has 3 atom stereocenters. The molecule has 2 aliphatic carbocycles. The second-order valence-electron chi connectivity index (χ2n) is 9.42. The molecule has 2 fully saturated rings. The first kappa shape index (κ1) is 19.2. The van der Waals surface area contributed by atoms with Crippen molar-refractivity contribution >= 4 is 16.8 Å². The minimum absolute atomic E-state index is 0.114. The summed E-state index contributed by atoms with van der Waals surface area (Å²) >= 11 is 0. The molecule has 0 unspecified atom stereocenters. The Hall–Kier alpha value is -1.81. The van der Waals surface area contributed by atoms with Crippen LogP contribution >= 0.6 is 0 Å². The zero-order valence-corrected chi connectivity index (χ0v) is 18.0. The highest BCUT2D eigenvalue weighted by Gasteiger charge is 2.42. The number of rotatable bonds is 4. The number of fused-ring (bicyclic) bond motifs is 2. The van der Waals surface area contributed by atoms with Gasteiger partial charge in [-0.2, -0.15) is 0 Å². The van der Waals surface area contributed by atoms with Gasteiger partial charge in [0.2, 0.25) is 5.91 Å². The van der Waals surface area contributed by atoms with Crippen LogP contribution in [0.2, 0.25) is 0 Å². The summed E-state index contributed by atoms with van der Waals surface area (Å²) in [6.07, 6.45) is 10.7. The van der Waals surface area contributed by atoms with E-state index in [9.17, 15) is 4.79 Å². The van der Waals surface area contributed by atoms with Crippen molar-refractivity contribution in [3.05, 3.63) is 35.5 Å². The Labute approximate surface area is 174 Å². The third-order valence-corrected chi connectivity index (χ3v) is 7.84. The van der Waals surface area contributed by atoms with Crippen molar-refractivity contribution in [2.75, 3.05) is 13.1 Å². The van der Waals surface area contributed by atoms with Gasteiger partial charge in [0.15, 0.2) is 0 Å². The quantitative estimate of drug-likeness (QED) is 0.833. The predicted molar refractivity (Wildman–Crippen MR) is 118 cm³/mol. The number of carbonyl (C=O) groups excluding carboxylic acids is 1. The monoisotopic (exact) mass is 393 g/mol. The first-order valence-corrected chi connectivity index (χ1v) is 11.8. The number of likely N-dealkylation sites (N-methyl/N-ethyl adjacent to an activating group) is 1. The van der Waals surface area contributed by atoms with Crippen LogP contribution in [0, 0.1) is 5.92 Å². The highest BCUT2D eigenvalue weighted by Crippen LogP contribution is 2.45. The van der Waals surface area contributed by atoms with Crippen LogP contribution in [0.15, 0.2) is 24.4 Å². The number of hydrogen-bond donors (Lipinski definition) is 1. The van der Waals surface area contributed by atoms with E-state index in [0.717, 1.165) is 45.3 Å². The molecule has 1 saturated heterocycles. The summed E-state index contributed by atoms with van der Waals surface area (Å²) < 4.78 is 2.40. The summed E-state index contributed by atoms with van der Waals surface area (Å²) in [6, 6.07) is 7.75. The molecule has 1 aliphatic heterocycles. The van der Waals surface area contributed by atoms with Crippen molar-refractivity contribution in [2.45, 2.75) is 83.3 Å². The lowest BCUT2D eigenvalue weighted by Gasteiger charge is -2.46. The number of piperidine rings is 1. The Morgan fingerprint density at radius 3 is 2.72 bits per heavy atom. The van der Waals surface area contributed by atoms with Crippen LogP contribution in [0.3, 0.4) is 0 Å². The molecule has 1 aromatic carbocycles. The SMILES string of the molecule is CCN1C[C@H](C(=O)NC2CCCCC2)C[C@@H]2c3cccc4c3c(cn4CC)C[C@H]21. The highest BCUT2D eigenvalue weighted by atomic mass is 16.2. The molecule has 156 valence electrons. The number of carbonyl (C=O) groups is 1. The number of aromatic nitrogens is 1. The van der Waals surface area contributed by atoms with Gasteiger partial charge in [-0.05, 0) is 56.3 Å². The molecule has 1 amide bonds. The van der Waals surface area contributed by atoms with E-state index >= 15 is 0 Å². The van der Waals surface area contributed by atoms with E-state index in [1.165, 1.54) is 41.3 Å². The number of aryl methyl sites for hydroxylation is 1. The Kier molecular flexibility index (Phi) is 5.15. The van der Waals surface area contributed by atoms with Gasteiger partial charge in [-0.25, -0.2) is 0 Å². The van der Waals surface area contributed by atoms with Crippen LogP contribution in [-0.4, -0.2) is 40.5 Å². The third-order valence-electron chi connectivity index (χ3n) is 7.84. The van der Waals surface area contributed by atoms with Crippen molar-refractivity contribution < 1.29 is 4.79 Å². The molecule has 0 spiro atoms. The molecule has 5 rings (SSSR count). The van der Waals surface area contributed by atoms with Gasteiger partial charge in [0.25, 0.3) is 0 Å². The van der Waals surface area contributed by atoms with Gasteiger partial charge in [0.05, 0.1) is 5.92 Å². The van der Waals surface area contributed by atoms with Crippen molar-refractivity contribution in [1.82, 2.24) is 14.8 Å². The van der Waals surface area contributed by atoms with Crippen molar-refractivity contribution in [1.29, 1.82) is 0 Å². The zero-order chi connectivity index (χ0) is 20.0. The van der Waals surface area contributed by atoms with Gasteiger partial charge in [-0.3, -0.25) is 9.69 Å². The van der Waals surface area contributed by atoms with Crippen molar-refractivity contribution in [3.63, 3.8) is 0 Å². The van der Waals surface area contributed by atoms with Crippen molar-refractivity contribution in [2.24, 2.45) is 5.92 Å². The van der Waals surface area contributed by atoms with Crippen LogP contribution in [-0.2, 0) is 17.8 Å². The van der Waals surface area contributed by atoms with Crippen LogP contribution in [0.4, 0.5) is 0 Å². The second-order valence-corrected chi connectivity index (χ2v) is 9.42. The number of nitrogens with zero attached hydrogens (tertiary/aromatic N) is 2. The summed E-state index contributed by atoms with van der Waals surface area (Å²) in [7, 11) is 0. The second kappa shape index (κ2) is 7.79. The average molecular weight is 394 g/mol. The number of amides is 1. The normalized spacial score (nSPS) is 27.7. The van der Waals surface area contributed by atoms with Crippen LogP contribution in [0.5, 0.6) is 0 Å². The summed E-state index contributed by atoms with van der Waals surface area (Å²) in [6.45, 7) is 7.43. The third kappa shape index (κ3) is 3.30. The van der Waals surface area contributed by atoms with Crippen LogP contribution in [0.1, 0.15) is 69.4 Å². The summed E-state index contributed by atoms with van der Waals surface area (Å²) in [4.78, 5) is 15.8. The number of hydrogen-bond acceptors (Lipinski definition) is 2. The molecule has 4 nitrogen and oxygen atoms in total. The standard InChI is InChI=1S/C25H35N3O/c1-3-27-15-17-14-23-21(20-11-8-12-22(27)24(17)20)13-18(16-28(23)4-2)25(29)26-19-9-6-5-7-10-19/h8,11-12,15,18-19,21,23H,3-7,9-10,13-14,16H2,1-2H3,(H,26,29)/t18-,21-,23-/m1/s1. The Morgan fingerprint density at radius 2 is 1.97 bits per heavy atom. The molecule has 0 bridgehead atoms. The smallest absolute Gasteiger partial charge is 0.224 e. The van der Waals surface area contributed by atoms with Gasteiger partial charge < -0.3 is 9.88 Å². The lowest BCUT2D eigenvalue weighted by Crippen LogP contribution is -2.53. The molecule has 1 aromatic heterocycles. The van der Waals surface area contributed by atoms with Gasteiger partial charge in [-0.15, -0.1) is 0 Å². The van der Waals surface area contributed by atoms with E-state index in [0.29, 0.717) is 23.9 Å². The summed E-state index contributed by atoms with van der Waals surface area (Å²) in [5, 5.41) is 4.89. The lowest BCUT2D eigenvalue weighted by molar-refractivity contribution is -0.128. The fraction of sp³-hybridized carbons (Fsp3) is 0.640. The molecule has 4 heteroatoms. The van der Waals surface area contributed by atoms with E-state index in [1.54, 1.807) is 0 Å². The predicted octanol–water partition coefficient (Wildman–Crippen LogP) is 4.46. The van der Waals surface area contributed by atoms with Gasteiger partial charge in [0.1, 0.15) is 0 Å². The topological polar surface area (TPSA) is 37.3 Å². The first-order valence-electron chi connectivity index (χ1n) is 11.8. The fourth-order valence-electron chi connectivity index (χ4n) is 6.36. The molecule has 1 N–H and O–H groups in total. The van der Waals surface area contributed by atoms with Crippen LogP contribution in [0.25, 0.3) is 10.9 Å². The Balaban J connectivity index is 1.44. The Bertz CT molecular complexity index is 895. The average Bonchev–Trinajstić information content (AvgIpc) is 3.13. The van der Waals surface area contributed by atoms with Gasteiger partial charge in [-0.1, -0.05) is 38.3 Å². The molecule has 2 aromatic rings. The summed E-state index contributed by atoms with van der Waals surface area (Å²) in [5.41, 5.74) is 4.35. The minimum atomic E-state index is 0.114. The number of likely N-dealkylation sites (tertiary alicyclic amines) is 1. The fourth-order valence-corrected chi connectivity index (χ4v) is 6.36. The number of nitrogens with one attached hydrogen (secondary N) is 1. The first-order chi connectivity index (χ1) is 14.2. The molecule has 1 saturated carbocycles. The molecule has 29 heavy (non-hydrogen) atoms. The Morgan fingerprint density at radius 1 is 1.14 bits per heavy atom. The van der Waals surface area contributed by atoms with E-state index in [-0.39, 0.29) is 5.92 Å². The van der Waals surface area contributed by atoms with Gasteiger partial charge in [0, 0.05) is 48.2 Å². The summed E-state index contributed by atoms with van der Waals surface area (Å²) in [5.74, 6) is 0.885. The van der Waals surface area contributed by atoms with Crippen molar-refractivity contribution in [3.8, 4) is 0 Å². The largest absolute Gasteiger partial charge is 0.353 e. The lowest BCUT2D eigenvalue weighted by atomic mass is 9.72. The maximum atomic E-state index is 13.2. The molecule has 3 aliphatic rings. The molecular weight excluding hydrogens is 358 g/mol. The van der Waals surface area contributed by atoms with E-state index < -0.39 is 0 Å². The van der Waals surface area contributed by atoms with Gasteiger partial charge >= 0.3 is 0 Å². The minimum Gasteiger partial charge on any atom is -0.353 e. The maximum absolute atomic E-state index is 13.2. The number of benzene rings is 1. The van der Waals surface area contributed by atoms with E-state index in [1.807, 2.05) is 0 Å².